The fourth-order valence-corrected chi connectivity index (χ4v) is 1.46. The summed E-state index contributed by atoms with van der Waals surface area (Å²) in [6.07, 6.45) is 3.05. The maximum Gasteiger partial charge on any atom is 0.268 e. The highest BCUT2D eigenvalue weighted by Crippen LogP contribution is 2.16. The molecule has 1 aromatic carbocycles. The van der Waals surface area contributed by atoms with Crippen LogP contribution in [0.2, 0.25) is 0 Å². The van der Waals surface area contributed by atoms with E-state index in [2.05, 4.69) is 16.5 Å². The third-order valence-corrected chi connectivity index (χ3v) is 2.30. The average molecular weight is 225 g/mol. The van der Waals surface area contributed by atoms with Crippen LogP contribution in [0.1, 0.15) is 16.1 Å². The van der Waals surface area contributed by atoms with E-state index in [1.807, 2.05) is 30.3 Å². The van der Waals surface area contributed by atoms with Crippen molar-refractivity contribution < 1.29 is 4.79 Å². The summed E-state index contributed by atoms with van der Waals surface area (Å²) >= 11 is 0. The number of carbonyl (C=O) groups excluding carboxylic acids is 1. The van der Waals surface area contributed by atoms with Crippen molar-refractivity contribution in [1.82, 2.24) is 9.97 Å². The van der Waals surface area contributed by atoms with Crippen molar-refractivity contribution in [2.45, 2.75) is 0 Å². The molecule has 17 heavy (non-hydrogen) atoms. The number of hydrogen-bond donors (Lipinski definition) is 1. The summed E-state index contributed by atoms with van der Waals surface area (Å²) in [6.45, 7) is 3.59. The minimum absolute atomic E-state index is 0.189. The molecule has 0 radical (unpaired) electrons. The molecule has 4 nitrogen and oxygen atoms in total. The molecule has 0 aliphatic carbocycles. The molecule has 0 bridgehead atoms. The van der Waals surface area contributed by atoms with Gasteiger partial charge in [0.05, 0.1) is 0 Å². The molecule has 2 aromatic rings. The van der Waals surface area contributed by atoms with E-state index in [4.69, 9.17) is 5.73 Å². The normalized spacial score (nSPS) is 9.88. The van der Waals surface area contributed by atoms with Crippen LogP contribution in [0.3, 0.4) is 0 Å². The molecule has 0 aliphatic heterocycles. The molecule has 0 saturated heterocycles. The largest absolute Gasteiger partial charge is 0.364 e. The van der Waals surface area contributed by atoms with E-state index >= 15 is 0 Å². The lowest BCUT2D eigenvalue weighted by molar-refractivity contribution is 0.0995. The number of carbonyl (C=O) groups is 1. The van der Waals surface area contributed by atoms with E-state index in [0.717, 1.165) is 5.56 Å². The van der Waals surface area contributed by atoms with Gasteiger partial charge < -0.3 is 5.73 Å². The molecule has 0 aliphatic rings. The second-order valence-electron chi connectivity index (χ2n) is 3.43. The number of nitrogens with two attached hydrogens (primary N) is 1. The maximum absolute atomic E-state index is 11.2. The van der Waals surface area contributed by atoms with Gasteiger partial charge in [-0.1, -0.05) is 43.0 Å². The number of rotatable bonds is 3. The number of aromatic nitrogens is 2. The van der Waals surface area contributed by atoms with Gasteiger partial charge in [-0.3, -0.25) is 4.79 Å². The Morgan fingerprint density at radius 2 is 2.00 bits per heavy atom. The Hall–Kier alpha value is -2.49. The summed E-state index contributed by atoms with van der Waals surface area (Å²) < 4.78 is 0. The van der Waals surface area contributed by atoms with E-state index in [0.29, 0.717) is 11.4 Å². The van der Waals surface area contributed by atoms with Gasteiger partial charge in [-0.15, -0.1) is 0 Å². The molecular formula is C13H11N3O. The lowest BCUT2D eigenvalue weighted by Gasteiger charge is -2.04. The topological polar surface area (TPSA) is 68.9 Å². The zero-order chi connectivity index (χ0) is 12.3. The summed E-state index contributed by atoms with van der Waals surface area (Å²) in [4.78, 5) is 19.6. The molecule has 2 rings (SSSR count). The van der Waals surface area contributed by atoms with Crippen molar-refractivity contribution >= 4 is 12.0 Å². The summed E-state index contributed by atoms with van der Waals surface area (Å²) in [7, 11) is 0. The molecule has 1 amide bonds. The average Bonchev–Trinajstić information content (AvgIpc) is 2.39. The van der Waals surface area contributed by atoms with Crippen LogP contribution in [0.15, 0.2) is 43.1 Å². The van der Waals surface area contributed by atoms with Gasteiger partial charge in [-0.05, 0) is 0 Å². The highest BCUT2D eigenvalue weighted by molar-refractivity contribution is 5.94. The van der Waals surface area contributed by atoms with Gasteiger partial charge in [0.15, 0.2) is 5.82 Å². The summed E-state index contributed by atoms with van der Waals surface area (Å²) in [5.74, 6) is -0.107. The summed E-state index contributed by atoms with van der Waals surface area (Å²) in [5, 5.41) is 0. The number of nitrogens with zero attached hydrogens (tertiary/aromatic N) is 2. The smallest absolute Gasteiger partial charge is 0.268 e. The second-order valence-corrected chi connectivity index (χ2v) is 3.43. The predicted octanol–water partition coefficient (Wildman–Crippen LogP) is 1.89. The molecule has 0 fully saturated rings. The number of primary amides is 1. The molecule has 0 unspecified atom stereocenters. The molecule has 1 heterocycles. The fraction of sp³-hybridized carbons (Fsp3) is 0. The van der Waals surface area contributed by atoms with Crippen LogP contribution in [-0.4, -0.2) is 15.9 Å². The number of amides is 1. The molecule has 84 valence electrons. The van der Waals surface area contributed by atoms with E-state index in [1.165, 1.54) is 6.08 Å². The van der Waals surface area contributed by atoms with Crippen molar-refractivity contribution in [1.29, 1.82) is 0 Å². The van der Waals surface area contributed by atoms with E-state index in [9.17, 15) is 4.79 Å². The Morgan fingerprint density at radius 1 is 1.29 bits per heavy atom. The highest BCUT2D eigenvalue weighted by Gasteiger charge is 2.10. The van der Waals surface area contributed by atoms with Crippen LogP contribution < -0.4 is 5.73 Å². The SMILES string of the molecule is C=Cc1cnc(-c2ccccc2)nc1C(N)=O. The molecule has 2 N–H and O–H groups in total. The Kier molecular flexibility index (Phi) is 2.96. The highest BCUT2D eigenvalue weighted by atomic mass is 16.1. The van der Waals surface area contributed by atoms with Crippen LogP contribution in [0.5, 0.6) is 0 Å². The van der Waals surface area contributed by atoms with Gasteiger partial charge in [0.1, 0.15) is 5.69 Å². The molecular weight excluding hydrogens is 214 g/mol. The molecule has 0 atom stereocenters. The zero-order valence-corrected chi connectivity index (χ0v) is 9.13. The van der Waals surface area contributed by atoms with Gasteiger partial charge in [0.25, 0.3) is 5.91 Å². The monoisotopic (exact) mass is 225 g/mol. The summed E-state index contributed by atoms with van der Waals surface area (Å²) in [6, 6.07) is 9.39. The van der Waals surface area contributed by atoms with Crippen molar-refractivity contribution in [3.63, 3.8) is 0 Å². The van der Waals surface area contributed by atoms with Gasteiger partial charge in [-0.2, -0.15) is 0 Å². The van der Waals surface area contributed by atoms with Crippen LogP contribution >= 0.6 is 0 Å². The molecule has 0 saturated carbocycles. The first kappa shape index (κ1) is 11.0. The van der Waals surface area contributed by atoms with Crippen LogP contribution in [-0.2, 0) is 0 Å². The lowest BCUT2D eigenvalue weighted by Crippen LogP contribution is -2.15. The lowest BCUT2D eigenvalue weighted by atomic mass is 10.2. The molecule has 1 aromatic heterocycles. The standard InChI is InChI=1S/C13H11N3O/c1-2-9-8-15-13(16-11(9)12(14)17)10-6-4-3-5-7-10/h2-8H,1H2,(H2,14,17). The van der Waals surface area contributed by atoms with Crippen molar-refractivity contribution in [3.05, 3.63) is 54.4 Å². The van der Waals surface area contributed by atoms with E-state index in [-0.39, 0.29) is 5.69 Å². The van der Waals surface area contributed by atoms with E-state index < -0.39 is 5.91 Å². The van der Waals surface area contributed by atoms with Gasteiger partial charge in [0, 0.05) is 17.3 Å². The third kappa shape index (κ3) is 2.20. The van der Waals surface area contributed by atoms with Gasteiger partial charge >= 0.3 is 0 Å². The zero-order valence-electron chi connectivity index (χ0n) is 9.13. The Balaban J connectivity index is 2.55. The minimum atomic E-state index is -0.584. The molecule has 4 heteroatoms. The first-order valence-electron chi connectivity index (χ1n) is 5.07. The quantitative estimate of drug-likeness (QED) is 0.867. The number of benzene rings is 1. The maximum atomic E-state index is 11.2. The predicted molar refractivity (Wildman–Crippen MR) is 66.1 cm³/mol. The second kappa shape index (κ2) is 4.57. The Labute approximate surface area is 98.8 Å². The van der Waals surface area contributed by atoms with Crippen molar-refractivity contribution in [2.75, 3.05) is 0 Å². The first-order valence-corrected chi connectivity index (χ1v) is 5.07. The summed E-state index contributed by atoms with van der Waals surface area (Å²) in [5.41, 5.74) is 6.83. The van der Waals surface area contributed by atoms with Crippen LogP contribution in [0.4, 0.5) is 0 Å². The van der Waals surface area contributed by atoms with E-state index in [1.54, 1.807) is 6.20 Å². The molecule has 0 spiro atoms. The van der Waals surface area contributed by atoms with Crippen LogP contribution in [0.25, 0.3) is 17.5 Å². The van der Waals surface area contributed by atoms with Crippen molar-refractivity contribution in [3.8, 4) is 11.4 Å². The number of hydrogen-bond acceptors (Lipinski definition) is 3. The minimum Gasteiger partial charge on any atom is -0.364 e. The van der Waals surface area contributed by atoms with Gasteiger partial charge in [-0.25, -0.2) is 9.97 Å². The third-order valence-electron chi connectivity index (χ3n) is 2.30. The Bertz CT molecular complexity index is 564. The van der Waals surface area contributed by atoms with Crippen molar-refractivity contribution in [2.24, 2.45) is 5.73 Å². The first-order chi connectivity index (χ1) is 8.22. The van der Waals surface area contributed by atoms with Crippen LogP contribution in [0, 0.1) is 0 Å². The Morgan fingerprint density at radius 3 is 2.59 bits per heavy atom. The fourth-order valence-electron chi connectivity index (χ4n) is 1.46. The van der Waals surface area contributed by atoms with Gasteiger partial charge in [0.2, 0.25) is 0 Å².